The second-order valence-corrected chi connectivity index (χ2v) is 7.42. The summed E-state index contributed by atoms with van der Waals surface area (Å²) in [5.41, 5.74) is 3.95. The lowest BCUT2D eigenvalue weighted by Crippen LogP contribution is -2.24. The van der Waals surface area contributed by atoms with Gasteiger partial charge in [0.1, 0.15) is 11.6 Å². The van der Waals surface area contributed by atoms with E-state index in [-0.39, 0.29) is 5.91 Å². The number of rotatable bonds is 9. The number of ether oxygens (including phenoxy) is 1. The van der Waals surface area contributed by atoms with Gasteiger partial charge in [-0.05, 0) is 54.8 Å². The van der Waals surface area contributed by atoms with Gasteiger partial charge in [-0.15, -0.1) is 0 Å². The molecule has 0 aliphatic carbocycles. The van der Waals surface area contributed by atoms with Crippen molar-refractivity contribution >= 4 is 16.9 Å². The molecule has 158 valence electrons. The van der Waals surface area contributed by atoms with Gasteiger partial charge in [-0.3, -0.25) is 4.79 Å². The zero-order valence-corrected chi connectivity index (χ0v) is 17.8. The molecule has 4 rings (SSSR count). The van der Waals surface area contributed by atoms with E-state index in [1.807, 2.05) is 60.7 Å². The Hall–Kier alpha value is -3.60. The number of hydrogen-bond acceptors (Lipinski definition) is 3. The Morgan fingerprint density at radius 1 is 0.968 bits per heavy atom. The van der Waals surface area contributed by atoms with Gasteiger partial charge in [-0.25, -0.2) is 4.98 Å². The van der Waals surface area contributed by atoms with E-state index in [0.29, 0.717) is 18.7 Å². The molecule has 0 unspecified atom stereocenters. The molecule has 1 heterocycles. The third kappa shape index (κ3) is 5.12. The standard InChI is InChI=1S/C26H27N3O2/c1-2-20-13-15-22(16-14-20)31-18-8-17-29-24-12-7-6-11-23(24)28-25(29)19-27-26(30)21-9-4-3-5-10-21/h3-7,9-16H,2,8,17-19H2,1H3,(H,27,30). The monoisotopic (exact) mass is 413 g/mol. The number of aromatic nitrogens is 2. The summed E-state index contributed by atoms with van der Waals surface area (Å²) in [7, 11) is 0. The largest absolute Gasteiger partial charge is 0.494 e. The summed E-state index contributed by atoms with van der Waals surface area (Å²) in [5.74, 6) is 1.64. The molecule has 0 bridgehead atoms. The van der Waals surface area contributed by atoms with Gasteiger partial charge in [0.25, 0.3) is 5.91 Å². The predicted octanol–water partition coefficient (Wildman–Crippen LogP) is 5.00. The fraction of sp³-hybridized carbons (Fsp3) is 0.231. The maximum Gasteiger partial charge on any atom is 0.251 e. The average molecular weight is 414 g/mol. The van der Waals surface area contributed by atoms with Crippen molar-refractivity contribution in [1.82, 2.24) is 14.9 Å². The van der Waals surface area contributed by atoms with Crippen LogP contribution in [-0.4, -0.2) is 22.1 Å². The lowest BCUT2D eigenvalue weighted by atomic mass is 10.2. The molecule has 0 radical (unpaired) electrons. The van der Waals surface area contributed by atoms with Crippen molar-refractivity contribution in [1.29, 1.82) is 0 Å². The van der Waals surface area contributed by atoms with Crippen LogP contribution in [0.4, 0.5) is 0 Å². The van der Waals surface area contributed by atoms with E-state index in [9.17, 15) is 4.79 Å². The highest BCUT2D eigenvalue weighted by atomic mass is 16.5. The molecule has 5 heteroatoms. The van der Waals surface area contributed by atoms with E-state index in [1.165, 1.54) is 5.56 Å². The summed E-state index contributed by atoms with van der Waals surface area (Å²) in [5, 5.41) is 2.99. The van der Waals surface area contributed by atoms with Crippen LogP contribution in [0.1, 0.15) is 35.1 Å². The van der Waals surface area contributed by atoms with Crippen LogP contribution >= 0.6 is 0 Å². The van der Waals surface area contributed by atoms with Gasteiger partial charge in [0.15, 0.2) is 0 Å². The van der Waals surface area contributed by atoms with Crippen LogP contribution in [0, 0.1) is 0 Å². The van der Waals surface area contributed by atoms with Crippen molar-refractivity contribution in [2.24, 2.45) is 0 Å². The number of benzene rings is 3. The first-order chi connectivity index (χ1) is 15.2. The van der Waals surface area contributed by atoms with Gasteiger partial charge in [0.05, 0.1) is 24.2 Å². The van der Waals surface area contributed by atoms with Gasteiger partial charge in [0, 0.05) is 12.1 Å². The number of nitrogens with one attached hydrogen (secondary N) is 1. The topological polar surface area (TPSA) is 56.1 Å². The van der Waals surface area contributed by atoms with Crippen LogP contribution < -0.4 is 10.1 Å². The first-order valence-corrected chi connectivity index (χ1v) is 10.7. The molecule has 5 nitrogen and oxygen atoms in total. The molecule has 31 heavy (non-hydrogen) atoms. The molecular formula is C26H27N3O2. The summed E-state index contributed by atoms with van der Waals surface area (Å²) in [4.78, 5) is 17.2. The fourth-order valence-corrected chi connectivity index (χ4v) is 3.59. The molecule has 1 amide bonds. The van der Waals surface area contributed by atoms with E-state index < -0.39 is 0 Å². The zero-order valence-electron chi connectivity index (χ0n) is 17.8. The Bertz CT molecular complexity index is 1130. The number of para-hydroxylation sites is 2. The molecule has 3 aromatic carbocycles. The van der Waals surface area contributed by atoms with Crippen LogP contribution in [0.3, 0.4) is 0 Å². The van der Waals surface area contributed by atoms with Gasteiger partial charge in [-0.2, -0.15) is 0 Å². The number of carbonyl (C=O) groups excluding carboxylic acids is 1. The average Bonchev–Trinajstić information content (AvgIpc) is 3.18. The van der Waals surface area contributed by atoms with E-state index in [4.69, 9.17) is 9.72 Å². The van der Waals surface area contributed by atoms with Crippen LogP contribution in [0.2, 0.25) is 0 Å². The lowest BCUT2D eigenvalue weighted by molar-refractivity contribution is 0.0949. The first-order valence-electron chi connectivity index (χ1n) is 10.7. The third-order valence-corrected chi connectivity index (χ3v) is 5.30. The minimum atomic E-state index is -0.0990. The van der Waals surface area contributed by atoms with Crippen LogP contribution in [0.5, 0.6) is 5.75 Å². The molecule has 1 N–H and O–H groups in total. The third-order valence-electron chi connectivity index (χ3n) is 5.30. The molecule has 0 atom stereocenters. The minimum Gasteiger partial charge on any atom is -0.494 e. The Morgan fingerprint density at radius 2 is 1.71 bits per heavy atom. The Balaban J connectivity index is 1.40. The maximum atomic E-state index is 12.4. The van der Waals surface area contributed by atoms with Crippen LogP contribution in [0.15, 0.2) is 78.9 Å². The van der Waals surface area contributed by atoms with Crippen molar-refractivity contribution in [2.45, 2.75) is 32.9 Å². The SMILES string of the molecule is CCc1ccc(OCCCn2c(CNC(=O)c3ccccc3)nc3ccccc32)cc1. The Kier molecular flexibility index (Phi) is 6.62. The first kappa shape index (κ1) is 20.7. The predicted molar refractivity (Wildman–Crippen MR) is 123 cm³/mol. The number of imidazole rings is 1. The van der Waals surface area contributed by atoms with Gasteiger partial charge < -0.3 is 14.6 Å². The molecule has 0 aliphatic rings. The van der Waals surface area contributed by atoms with Gasteiger partial charge in [0.2, 0.25) is 0 Å². The summed E-state index contributed by atoms with van der Waals surface area (Å²) >= 11 is 0. The second kappa shape index (κ2) is 9.94. The smallest absolute Gasteiger partial charge is 0.251 e. The summed E-state index contributed by atoms with van der Waals surface area (Å²) in [6.45, 7) is 3.91. The highest BCUT2D eigenvalue weighted by Gasteiger charge is 2.12. The summed E-state index contributed by atoms with van der Waals surface area (Å²) in [6.07, 6.45) is 1.87. The molecule has 1 aromatic heterocycles. The van der Waals surface area contributed by atoms with E-state index in [0.717, 1.165) is 42.0 Å². The number of carbonyl (C=O) groups is 1. The van der Waals surface area contributed by atoms with Gasteiger partial charge in [-0.1, -0.05) is 49.4 Å². The molecule has 0 saturated heterocycles. The molecule has 0 spiro atoms. The number of amides is 1. The summed E-state index contributed by atoms with van der Waals surface area (Å²) in [6, 6.07) is 25.6. The molecule has 0 aliphatic heterocycles. The van der Waals surface area contributed by atoms with E-state index >= 15 is 0 Å². The maximum absolute atomic E-state index is 12.4. The van der Waals surface area contributed by atoms with E-state index in [1.54, 1.807) is 0 Å². The molecule has 4 aromatic rings. The highest BCUT2D eigenvalue weighted by Crippen LogP contribution is 2.18. The molecule has 0 fully saturated rings. The quantitative estimate of drug-likeness (QED) is 0.393. The number of nitrogens with zero attached hydrogens (tertiary/aromatic N) is 2. The van der Waals surface area contributed by atoms with Crippen molar-refractivity contribution in [2.75, 3.05) is 6.61 Å². The fourth-order valence-electron chi connectivity index (χ4n) is 3.59. The number of fused-ring (bicyclic) bond motifs is 1. The Labute approximate surface area is 182 Å². The van der Waals surface area contributed by atoms with Crippen LogP contribution in [0.25, 0.3) is 11.0 Å². The van der Waals surface area contributed by atoms with Crippen molar-refractivity contribution in [3.05, 3.63) is 95.8 Å². The summed E-state index contributed by atoms with van der Waals surface area (Å²) < 4.78 is 8.08. The normalized spacial score (nSPS) is 10.9. The second-order valence-electron chi connectivity index (χ2n) is 7.42. The number of hydrogen-bond donors (Lipinski definition) is 1. The highest BCUT2D eigenvalue weighted by molar-refractivity contribution is 5.94. The van der Waals surface area contributed by atoms with Crippen LogP contribution in [-0.2, 0) is 19.5 Å². The molecule has 0 saturated carbocycles. The zero-order chi connectivity index (χ0) is 21.5. The minimum absolute atomic E-state index is 0.0990. The lowest BCUT2D eigenvalue weighted by Gasteiger charge is -2.11. The molecular weight excluding hydrogens is 386 g/mol. The number of aryl methyl sites for hydroxylation is 2. The van der Waals surface area contributed by atoms with Crippen molar-refractivity contribution < 1.29 is 9.53 Å². The van der Waals surface area contributed by atoms with Crippen molar-refractivity contribution in [3.63, 3.8) is 0 Å². The van der Waals surface area contributed by atoms with Gasteiger partial charge >= 0.3 is 0 Å². The van der Waals surface area contributed by atoms with Crippen molar-refractivity contribution in [3.8, 4) is 5.75 Å². The van der Waals surface area contributed by atoms with E-state index in [2.05, 4.69) is 35.0 Å². The Morgan fingerprint density at radius 3 is 2.48 bits per heavy atom.